The zero-order chi connectivity index (χ0) is 13.0. The van der Waals surface area contributed by atoms with E-state index in [1.54, 1.807) is 23.5 Å². The van der Waals surface area contributed by atoms with E-state index in [1.165, 1.54) is 12.1 Å². The van der Waals surface area contributed by atoms with E-state index in [1.807, 2.05) is 23.8 Å². The molecular weight excluding hydrogens is 249 g/mol. The second-order valence-corrected chi connectivity index (χ2v) is 4.93. The van der Waals surface area contributed by atoms with Crippen LogP contribution in [0.3, 0.4) is 0 Å². The van der Waals surface area contributed by atoms with Crippen molar-refractivity contribution in [2.24, 2.45) is 0 Å². The van der Waals surface area contributed by atoms with Gasteiger partial charge in [0.15, 0.2) is 0 Å². The number of carbonyl (C=O) groups is 1. The van der Waals surface area contributed by atoms with E-state index in [2.05, 4.69) is 5.32 Å². The first-order chi connectivity index (χ1) is 8.65. The Hall–Kier alpha value is -1.68. The third-order valence-electron chi connectivity index (χ3n) is 2.69. The smallest absolute Gasteiger partial charge is 0.224 e. The van der Waals surface area contributed by atoms with Gasteiger partial charge in [0, 0.05) is 0 Å². The molecule has 2 rings (SSSR count). The number of halogens is 1. The fourth-order valence-corrected chi connectivity index (χ4v) is 2.37. The monoisotopic (exact) mass is 263 g/mol. The molecule has 1 N–H and O–H groups in total. The van der Waals surface area contributed by atoms with Gasteiger partial charge in [-0.3, -0.25) is 4.79 Å². The van der Waals surface area contributed by atoms with Gasteiger partial charge in [-0.1, -0.05) is 12.1 Å². The van der Waals surface area contributed by atoms with Gasteiger partial charge in [0.25, 0.3) is 0 Å². The van der Waals surface area contributed by atoms with Gasteiger partial charge in [-0.2, -0.15) is 11.3 Å². The summed E-state index contributed by atoms with van der Waals surface area (Å²) in [5, 5.41) is 6.81. The Kier molecular flexibility index (Phi) is 4.10. The van der Waals surface area contributed by atoms with Crippen molar-refractivity contribution in [3.63, 3.8) is 0 Å². The van der Waals surface area contributed by atoms with Crippen LogP contribution < -0.4 is 5.32 Å². The fraction of sp³-hybridized carbons (Fsp3) is 0.214. The van der Waals surface area contributed by atoms with Crippen molar-refractivity contribution in [1.82, 2.24) is 5.32 Å². The van der Waals surface area contributed by atoms with Crippen molar-refractivity contribution in [3.05, 3.63) is 58.0 Å². The highest BCUT2D eigenvalue weighted by molar-refractivity contribution is 7.07. The van der Waals surface area contributed by atoms with Crippen molar-refractivity contribution >= 4 is 17.2 Å². The lowest BCUT2D eigenvalue weighted by Gasteiger charge is -2.14. The molecule has 0 bridgehead atoms. The maximum atomic E-state index is 12.8. The number of benzene rings is 1. The Morgan fingerprint density at radius 2 is 2.06 bits per heavy atom. The van der Waals surface area contributed by atoms with E-state index >= 15 is 0 Å². The van der Waals surface area contributed by atoms with E-state index < -0.39 is 0 Å². The SMILES string of the molecule is C[C@@H](NC(=O)Cc1ccsc1)c1ccc(F)cc1. The van der Waals surface area contributed by atoms with Crippen molar-refractivity contribution < 1.29 is 9.18 Å². The van der Waals surface area contributed by atoms with Crippen LogP contribution in [0, 0.1) is 5.82 Å². The predicted octanol–water partition coefficient (Wildman–Crippen LogP) is 3.31. The van der Waals surface area contributed by atoms with E-state index in [0.717, 1.165) is 11.1 Å². The van der Waals surface area contributed by atoms with Crippen LogP contribution in [0.1, 0.15) is 24.1 Å². The number of amides is 1. The summed E-state index contributed by atoms with van der Waals surface area (Å²) in [5.41, 5.74) is 1.92. The zero-order valence-corrected chi connectivity index (χ0v) is 10.8. The molecule has 1 heterocycles. The van der Waals surface area contributed by atoms with Gasteiger partial charge in [0.2, 0.25) is 5.91 Å². The van der Waals surface area contributed by atoms with Gasteiger partial charge in [0.05, 0.1) is 12.5 Å². The minimum atomic E-state index is -0.268. The summed E-state index contributed by atoms with van der Waals surface area (Å²) in [6.45, 7) is 1.89. The second kappa shape index (κ2) is 5.78. The molecular formula is C14H14FNOS. The van der Waals surface area contributed by atoms with Crippen LogP contribution in [0.5, 0.6) is 0 Å². The Bertz CT molecular complexity index is 507. The van der Waals surface area contributed by atoms with Crippen LogP contribution in [0.4, 0.5) is 4.39 Å². The normalized spacial score (nSPS) is 12.1. The number of rotatable bonds is 4. The first-order valence-corrected chi connectivity index (χ1v) is 6.65. The number of nitrogens with one attached hydrogen (secondary N) is 1. The standard InChI is InChI=1S/C14H14FNOS/c1-10(12-2-4-13(15)5-3-12)16-14(17)8-11-6-7-18-9-11/h2-7,9-10H,8H2,1H3,(H,16,17)/t10-/m1/s1. The molecule has 0 spiro atoms. The summed E-state index contributed by atoms with van der Waals surface area (Å²) >= 11 is 1.58. The van der Waals surface area contributed by atoms with E-state index in [4.69, 9.17) is 0 Å². The number of hydrogen-bond acceptors (Lipinski definition) is 2. The highest BCUT2D eigenvalue weighted by Crippen LogP contribution is 2.13. The van der Waals surface area contributed by atoms with Crippen molar-refractivity contribution in [3.8, 4) is 0 Å². The molecule has 0 aliphatic rings. The van der Waals surface area contributed by atoms with Crippen LogP contribution in [-0.2, 0) is 11.2 Å². The average molecular weight is 263 g/mol. The van der Waals surface area contributed by atoms with Gasteiger partial charge in [-0.05, 0) is 47.0 Å². The van der Waals surface area contributed by atoms with Crippen molar-refractivity contribution in [2.75, 3.05) is 0 Å². The molecule has 0 unspecified atom stereocenters. The first-order valence-electron chi connectivity index (χ1n) is 5.71. The number of carbonyl (C=O) groups excluding carboxylic acids is 1. The van der Waals surface area contributed by atoms with Crippen LogP contribution in [0.15, 0.2) is 41.1 Å². The molecule has 1 amide bonds. The van der Waals surface area contributed by atoms with Crippen LogP contribution in [0.25, 0.3) is 0 Å². The Labute approximate surface area is 109 Å². The molecule has 0 fully saturated rings. The number of hydrogen-bond donors (Lipinski definition) is 1. The molecule has 2 aromatic rings. The number of thiophene rings is 1. The third-order valence-corrected chi connectivity index (χ3v) is 3.42. The molecule has 18 heavy (non-hydrogen) atoms. The lowest BCUT2D eigenvalue weighted by atomic mass is 10.1. The molecule has 0 aliphatic carbocycles. The summed E-state index contributed by atoms with van der Waals surface area (Å²) in [5.74, 6) is -0.291. The van der Waals surface area contributed by atoms with Crippen LogP contribution >= 0.6 is 11.3 Å². The molecule has 1 aromatic carbocycles. The maximum Gasteiger partial charge on any atom is 0.224 e. The highest BCUT2D eigenvalue weighted by atomic mass is 32.1. The van der Waals surface area contributed by atoms with Crippen molar-refractivity contribution in [1.29, 1.82) is 0 Å². The van der Waals surface area contributed by atoms with Gasteiger partial charge in [0.1, 0.15) is 5.82 Å². The molecule has 0 saturated carbocycles. The molecule has 1 aromatic heterocycles. The van der Waals surface area contributed by atoms with Gasteiger partial charge in [-0.15, -0.1) is 0 Å². The van der Waals surface area contributed by atoms with E-state index in [-0.39, 0.29) is 17.8 Å². The molecule has 0 aliphatic heterocycles. The summed E-state index contributed by atoms with van der Waals surface area (Å²) < 4.78 is 12.8. The van der Waals surface area contributed by atoms with Crippen molar-refractivity contribution in [2.45, 2.75) is 19.4 Å². The quantitative estimate of drug-likeness (QED) is 0.901. The summed E-state index contributed by atoms with van der Waals surface area (Å²) in [6, 6.07) is 7.99. The highest BCUT2D eigenvalue weighted by Gasteiger charge is 2.10. The van der Waals surface area contributed by atoms with E-state index in [0.29, 0.717) is 6.42 Å². The van der Waals surface area contributed by atoms with Gasteiger partial charge in [-0.25, -0.2) is 4.39 Å². The molecule has 0 radical (unpaired) electrons. The average Bonchev–Trinajstić information content (AvgIpc) is 2.82. The predicted molar refractivity (Wildman–Crippen MR) is 71.0 cm³/mol. The van der Waals surface area contributed by atoms with Crippen LogP contribution in [-0.4, -0.2) is 5.91 Å². The minimum absolute atomic E-state index is 0.0229. The fourth-order valence-electron chi connectivity index (χ4n) is 1.71. The largest absolute Gasteiger partial charge is 0.349 e. The molecule has 4 heteroatoms. The molecule has 2 nitrogen and oxygen atoms in total. The maximum absolute atomic E-state index is 12.8. The van der Waals surface area contributed by atoms with Crippen LogP contribution in [0.2, 0.25) is 0 Å². The molecule has 1 atom stereocenters. The first kappa shape index (κ1) is 12.8. The Morgan fingerprint density at radius 3 is 2.67 bits per heavy atom. The second-order valence-electron chi connectivity index (χ2n) is 4.15. The van der Waals surface area contributed by atoms with Gasteiger partial charge >= 0.3 is 0 Å². The lowest BCUT2D eigenvalue weighted by Crippen LogP contribution is -2.27. The zero-order valence-electron chi connectivity index (χ0n) is 10.0. The molecule has 94 valence electrons. The Morgan fingerprint density at radius 1 is 1.33 bits per heavy atom. The minimum Gasteiger partial charge on any atom is -0.349 e. The summed E-state index contributed by atoms with van der Waals surface area (Å²) in [4.78, 5) is 11.8. The van der Waals surface area contributed by atoms with Gasteiger partial charge < -0.3 is 5.32 Å². The Balaban J connectivity index is 1.92. The third kappa shape index (κ3) is 3.40. The van der Waals surface area contributed by atoms with E-state index in [9.17, 15) is 9.18 Å². The molecule has 0 saturated heterocycles. The summed E-state index contributed by atoms with van der Waals surface area (Å²) in [6.07, 6.45) is 0.384. The lowest BCUT2D eigenvalue weighted by molar-refractivity contribution is -0.121. The topological polar surface area (TPSA) is 29.1 Å². The summed E-state index contributed by atoms with van der Waals surface area (Å²) in [7, 11) is 0.